The Morgan fingerprint density at radius 3 is 2.76 bits per heavy atom. The largest absolute Gasteiger partial charge is 0.337 e. The molecule has 1 aliphatic rings. The van der Waals surface area contributed by atoms with E-state index in [2.05, 4.69) is 29.3 Å². The predicted molar refractivity (Wildman–Crippen MR) is 113 cm³/mol. The fourth-order valence-corrected chi connectivity index (χ4v) is 3.72. The maximum Gasteiger partial charge on any atom is 0.322 e. The molecule has 1 unspecified atom stereocenters. The molecule has 29 heavy (non-hydrogen) atoms. The number of urea groups is 1. The van der Waals surface area contributed by atoms with Crippen LogP contribution in [-0.4, -0.2) is 27.6 Å². The molecule has 1 fully saturated rings. The first-order valence-electron chi connectivity index (χ1n) is 9.78. The molecule has 1 aromatic heterocycles. The van der Waals surface area contributed by atoms with Crippen LogP contribution in [0.25, 0.3) is 11.4 Å². The summed E-state index contributed by atoms with van der Waals surface area (Å²) >= 11 is 6.05. The molecule has 0 aliphatic carbocycles. The lowest BCUT2D eigenvalue weighted by molar-refractivity contribution is 0.193. The average molecular weight is 411 g/mol. The van der Waals surface area contributed by atoms with Crippen molar-refractivity contribution in [1.82, 2.24) is 15.0 Å². The second kappa shape index (κ2) is 8.25. The van der Waals surface area contributed by atoms with E-state index >= 15 is 0 Å². The van der Waals surface area contributed by atoms with Gasteiger partial charge < -0.3 is 14.7 Å². The zero-order valence-electron chi connectivity index (χ0n) is 16.4. The van der Waals surface area contributed by atoms with Crippen LogP contribution in [0.3, 0.4) is 0 Å². The highest BCUT2D eigenvalue weighted by Gasteiger charge is 2.34. The Morgan fingerprint density at radius 1 is 1.24 bits per heavy atom. The quantitative estimate of drug-likeness (QED) is 0.582. The Morgan fingerprint density at radius 2 is 2.03 bits per heavy atom. The van der Waals surface area contributed by atoms with Gasteiger partial charge in [0, 0.05) is 22.8 Å². The second-order valence-corrected chi connectivity index (χ2v) is 7.96. The number of carbonyl (C=O) groups is 1. The number of anilines is 1. The van der Waals surface area contributed by atoms with E-state index in [-0.39, 0.29) is 12.1 Å². The first kappa shape index (κ1) is 19.5. The summed E-state index contributed by atoms with van der Waals surface area (Å²) in [4.78, 5) is 19.1. The van der Waals surface area contributed by atoms with Gasteiger partial charge in [-0.25, -0.2) is 4.79 Å². The van der Waals surface area contributed by atoms with Gasteiger partial charge in [0.15, 0.2) is 0 Å². The van der Waals surface area contributed by atoms with Crippen molar-refractivity contribution in [3.63, 3.8) is 0 Å². The van der Waals surface area contributed by atoms with Crippen LogP contribution in [0, 0.1) is 0 Å². The lowest BCUT2D eigenvalue weighted by atomic mass is 10.0. The molecule has 3 aromatic rings. The van der Waals surface area contributed by atoms with Gasteiger partial charge in [-0.3, -0.25) is 0 Å². The summed E-state index contributed by atoms with van der Waals surface area (Å²) in [5.41, 5.74) is 2.79. The molecule has 7 heteroatoms. The summed E-state index contributed by atoms with van der Waals surface area (Å²) in [6, 6.07) is 14.9. The molecule has 2 aromatic carbocycles. The normalized spacial score (nSPS) is 16.4. The maximum atomic E-state index is 12.8. The summed E-state index contributed by atoms with van der Waals surface area (Å²) in [5, 5.41) is 7.66. The van der Waals surface area contributed by atoms with Gasteiger partial charge in [-0.15, -0.1) is 0 Å². The van der Waals surface area contributed by atoms with Crippen molar-refractivity contribution in [2.45, 2.75) is 38.6 Å². The number of amides is 2. The minimum Gasteiger partial charge on any atom is -0.337 e. The van der Waals surface area contributed by atoms with Crippen molar-refractivity contribution in [1.29, 1.82) is 0 Å². The molecule has 0 spiro atoms. The van der Waals surface area contributed by atoms with Gasteiger partial charge in [0.2, 0.25) is 11.7 Å². The Hall–Kier alpha value is -2.86. The van der Waals surface area contributed by atoms with Crippen LogP contribution >= 0.6 is 11.6 Å². The predicted octanol–water partition coefficient (Wildman–Crippen LogP) is 5.88. The van der Waals surface area contributed by atoms with E-state index in [1.165, 1.54) is 5.56 Å². The number of rotatable bonds is 4. The van der Waals surface area contributed by atoms with E-state index in [1.54, 1.807) is 17.0 Å². The van der Waals surface area contributed by atoms with Gasteiger partial charge in [-0.05, 0) is 48.6 Å². The summed E-state index contributed by atoms with van der Waals surface area (Å²) < 4.78 is 5.49. The molecule has 2 amide bonds. The number of benzene rings is 2. The Balaban J connectivity index is 1.48. The number of likely N-dealkylation sites (tertiary alicyclic amines) is 1. The number of halogens is 1. The Bertz CT molecular complexity index is 1000. The molecule has 1 aliphatic heterocycles. The monoisotopic (exact) mass is 410 g/mol. The minimum atomic E-state index is -0.231. The average Bonchev–Trinajstić information content (AvgIpc) is 3.38. The van der Waals surface area contributed by atoms with E-state index in [0.717, 1.165) is 24.1 Å². The van der Waals surface area contributed by atoms with Crippen LogP contribution < -0.4 is 5.32 Å². The zero-order valence-corrected chi connectivity index (χ0v) is 17.2. The number of nitrogens with zero attached hydrogens (tertiary/aromatic N) is 3. The van der Waals surface area contributed by atoms with E-state index < -0.39 is 0 Å². The van der Waals surface area contributed by atoms with E-state index in [4.69, 9.17) is 16.1 Å². The summed E-state index contributed by atoms with van der Waals surface area (Å²) in [7, 11) is 0. The highest BCUT2D eigenvalue weighted by molar-refractivity contribution is 6.30. The molecule has 0 saturated carbocycles. The number of carbonyl (C=O) groups excluding carboxylic acids is 1. The van der Waals surface area contributed by atoms with E-state index in [1.807, 2.05) is 36.4 Å². The summed E-state index contributed by atoms with van der Waals surface area (Å²) in [6.07, 6.45) is 1.68. The fourth-order valence-electron chi connectivity index (χ4n) is 3.53. The highest BCUT2D eigenvalue weighted by Crippen LogP contribution is 2.33. The van der Waals surface area contributed by atoms with Gasteiger partial charge in [0.1, 0.15) is 6.04 Å². The molecule has 2 heterocycles. The van der Waals surface area contributed by atoms with Gasteiger partial charge in [0.25, 0.3) is 0 Å². The van der Waals surface area contributed by atoms with Crippen molar-refractivity contribution in [2.24, 2.45) is 0 Å². The number of nitrogens with one attached hydrogen (secondary N) is 1. The van der Waals surface area contributed by atoms with Crippen molar-refractivity contribution < 1.29 is 9.32 Å². The SMILES string of the molecule is CC(C)c1ccc(NC(=O)N2CCCC2c2nc(-c3cccc(Cl)c3)no2)cc1. The lowest BCUT2D eigenvalue weighted by Crippen LogP contribution is -2.34. The molecule has 150 valence electrons. The van der Waals surface area contributed by atoms with E-state index in [0.29, 0.717) is 29.2 Å². The Labute approximate surface area is 174 Å². The number of hydrogen-bond donors (Lipinski definition) is 1. The molecular weight excluding hydrogens is 388 g/mol. The van der Waals surface area contributed by atoms with Crippen molar-refractivity contribution in [2.75, 3.05) is 11.9 Å². The molecule has 1 N–H and O–H groups in total. The molecule has 0 bridgehead atoms. The standard InChI is InChI=1S/C22H23ClN4O2/c1-14(2)15-8-10-18(11-9-15)24-22(28)27-12-4-7-19(27)21-25-20(26-29-21)16-5-3-6-17(23)13-16/h3,5-6,8-11,13-14,19H,4,7,12H2,1-2H3,(H,24,28). The summed E-state index contributed by atoms with van der Waals surface area (Å²) in [5.74, 6) is 1.37. The molecule has 6 nitrogen and oxygen atoms in total. The third-order valence-electron chi connectivity index (χ3n) is 5.15. The zero-order chi connectivity index (χ0) is 20.4. The van der Waals surface area contributed by atoms with Crippen LogP contribution in [0.5, 0.6) is 0 Å². The maximum absolute atomic E-state index is 12.8. The van der Waals surface area contributed by atoms with Crippen molar-refractivity contribution in [3.05, 3.63) is 65.0 Å². The van der Waals surface area contributed by atoms with Gasteiger partial charge >= 0.3 is 6.03 Å². The molecule has 1 atom stereocenters. The topological polar surface area (TPSA) is 71.3 Å². The van der Waals surface area contributed by atoms with E-state index in [9.17, 15) is 4.79 Å². The minimum absolute atomic E-state index is 0.160. The molecule has 0 radical (unpaired) electrons. The molecular formula is C22H23ClN4O2. The van der Waals surface area contributed by atoms with Crippen LogP contribution in [0.15, 0.2) is 53.1 Å². The van der Waals surface area contributed by atoms with Crippen LogP contribution in [0.4, 0.5) is 10.5 Å². The van der Waals surface area contributed by atoms with Gasteiger partial charge in [-0.1, -0.05) is 54.9 Å². The number of hydrogen-bond acceptors (Lipinski definition) is 4. The first-order chi connectivity index (χ1) is 14.0. The summed E-state index contributed by atoms with van der Waals surface area (Å²) in [6.45, 7) is 4.93. The fraction of sp³-hybridized carbons (Fsp3) is 0.318. The lowest BCUT2D eigenvalue weighted by Gasteiger charge is -2.22. The van der Waals surface area contributed by atoms with Gasteiger partial charge in [0.05, 0.1) is 0 Å². The smallest absolute Gasteiger partial charge is 0.322 e. The highest BCUT2D eigenvalue weighted by atomic mass is 35.5. The third-order valence-corrected chi connectivity index (χ3v) is 5.39. The molecule has 4 rings (SSSR count). The van der Waals surface area contributed by atoms with Crippen molar-refractivity contribution >= 4 is 23.3 Å². The first-order valence-corrected chi connectivity index (χ1v) is 10.2. The Kier molecular flexibility index (Phi) is 5.53. The molecule has 1 saturated heterocycles. The second-order valence-electron chi connectivity index (χ2n) is 7.52. The van der Waals surface area contributed by atoms with Crippen molar-refractivity contribution in [3.8, 4) is 11.4 Å². The third kappa shape index (κ3) is 4.27. The van der Waals surface area contributed by atoms with Crippen LogP contribution in [0.2, 0.25) is 5.02 Å². The van der Waals surface area contributed by atoms with Crippen LogP contribution in [0.1, 0.15) is 50.1 Å². The van der Waals surface area contributed by atoms with Crippen LogP contribution in [-0.2, 0) is 0 Å². The number of aromatic nitrogens is 2. The van der Waals surface area contributed by atoms with Gasteiger partial charge in [-0.2, -0.15) is 4.98 Å².